The van der Waals surface area contributed by atoms with Gasteiger partial charge in [0.15, 0.2) is 0 Å². The van der Waals surface area contributed by atoms with E-state index in [9.17, 15) is 0 Å². The van der Waals surface area contributed by atoms with Gasteiger partial charge in [-0.25, -0.2) is 0 Å². The number of ether oxygens (including phenoxy) is 2. The second-order valence-electron chi connectivity index (χ2n) is 5.02. The van der Waals surface area contributed by atoms with Crippen LogP contribution in [-0.2, 0) is 11.3 Å². The minimum Gasteiger partial charge on any atom is -0.494 e. The smallest absolute Gasteiger partial charge is 0.119 e. The normalized spacial score (nSPS) is 12.4. The molecule has 19 heavy (non-hydrogen) atoms. The first-order valence-corrected chi connectivity index (χ1v) is 7.25. The molecule has 0 saturated heterocycles. The molecule has 1 atom stereocenters. The Morgan fingerprint density at radius 2 is 1.89 bits per heavy atom. The molecule has 1 unspecified atom stereocenters. The van der Waals surface area contributed by atoms with Gasteiger partial charge in [0.2, 0.25) is 0 Å². The first kappa shape index (κ1) is 16.0. The van der Waals surface area contributed by atoms with Gasteiger partial charge in [0.1, 0.15) is 5.75 Å². The van der Waals surface area contributed by atoms with Crippen molar-refractivity contribution in [3.63, 3.8) is 0 Å². The van der Waals surface area contributed by atoms with Crippen LogP contribution in [0.15, 0.2) is 24.3 Å². The fourth-order valence-corrected chi connectivity index (χ4v) is 1.93. The number of nitrogens with two attached hydrogens (primary N) is 1. The van der Waals surface area contributed by atoms with Crippen LogP contribution in [0, 0.1) is 5.92 Å². The molecule has 3 nitrogen and oxygen atoms in total. The van der Waals surface area contributed by atoms with Crippen LogP contribution in [0.25, 0.3) is 0 Å². The van der Waals surface area contributed by atoms with Crippen molar-refractivity contribution in [1.29, 1.82) is 0 Å². The predicted molar refractivity (Wildman–Crippen MR) is 79.3 cm³/mol. The average molecular weight is 265 g/mol. The Bertz CT molecular complexity index is 324. The van der Waals surface area contributed by atoms with Crippen LogP contribution >= 0.6 is 0 Å². The lowest BCUT2D eigenvalue weighted by atomic mass is 10.1. The van der Waals surface area contributed by atoms with Crippen LogP contribution in [0.3, 0.4) is 0 Å². The van der Waals surface area contributed by atoms with Crippen LogP contribution in [0.1, 0.15) is 38.7 Å². The van der Waals surface area contributed by atoms with Gasteiger partial charge in [-0.3, -0.25) is 0 Å². The van der Waals surface area contributed by atoms with Gasteiger partial charge in [0, 0.05) is 26.2 Å². The minimum atomic E-state index is 0.573. The summed E-state index contributed by atoms with van der Waals surface area (Å²) in [4.78, 5) is 0. The lowest BCUT2D eigenvalue weighted by Gasteiger charge is -2.11. The SMILES string of the molecule is CCCC(C)COCCCOc1ccc(CN)cc1. The van der Waals surface area contributed by atoms with Gasteiger partial charge in [-0.2, -0.15) is 0 Å². The van der Waals surface area contributed by atoms with Gasteiger partial charge in [-0.15, -0.1) is 0 Å². The zero-order chi connectivity index (χ0) is 13.9. The third-order valence-electron chi connectivity index (χ3n) is 3.04. The van der Waals surface area contributed by atoms with E-state index < -0.39 is 0 Å². The Kier molecular flexibility index (Phi) is 8.26. The second-order valence-corrected chi connectivity index (χ2v) is 5.02. The highest BCUT2D eigenvalue weighted by atomic mass is 16.5. The molecule has 0 bridgehead atoms. The van der Waals surface area contributed by atoms with E-state index >= 15 is 0 Å². The van der Waals surface area contributed by atoms with Crippen molar-refractivity contribution in [2.75, 3.05) is 19.8 Å². The van der Waals surface area contributed by atoms with Crippen molar-refractivity contribution in [2.24, 2.45) is 11.7 Å². The summed E-state index contributed by atoms with van der Waals surface area (Å²) in [6, 6.07) is 7.93. The monoisotopic (exact) mass is 265 g/mol. The fourth-order valence-electron chi connectivity index (χ4n) is 1.93. The molecule has 1 rings (SSSR count). The maximum absolute atomic E-state index is 5.64. The topological polar surface area (TPSA) is 44.5 Å². The van der Waals surface area contributed by atoms with Crippen LogP contribution in [0.2, 0.25) is 0 Å². The summed E-state index contributed by atoms with van der Waals surface area (Å²) >= 11 is 0. The van der Waals surface area contributed by atoms with Gasteiger partial charge < -0.3 is 15.2 Å². The molecule has 1 aromatic rings. The van der Waals surface area contributed by atoms with E-state index in [1.165, 1.54) is 12.8 Å². The fraction of sp³-hybridized carbons (Fsp3) is 0.625. The standard InChI is InChI=1S/C16H27NO2/c1-3-5-14(2)13-18-10-4-11-19-16-8-6-15(12-17)7-9-16/h6-9,14H,3-5,10-13,17H2,1-2H3. The number of benzene rings is 1. The molecule has 1 aromatic carbocycles. The van der Waals surface area contributed by atoms with Crippen LogP contribution in [-0.4, -0.2) is 19.8 Å². The predicted octanol–water partition coefficient (Wildman–Crippen LogP) is 3.37. The summed E-state index contributed by atoms with van der Waals surface area (Å²) in [6.45, 7) is 7.35. The zero-order valence-corrected chi connectivity index (χ0v) is 12.2. The summed E-state index contributed by atoms with van der Waals surface area (Å²) in [7, 11) is 0. The van der Waals surface area contributed by atoms with Crippen molar-refractivity contribution in [1.82, 2.24) is 0 Å². The lowest BCUT2D eigenvalue weighted by Crippen LogP contribution is -2.09. The van der Waals surface area contributed by atoms with E-state index in [1.807, 2.05) is 24.3 Å². The highest BCUT2D eigenvalue weighted by molar-refractivity contribution is 5.26. The van der Waals surface area contributed by atoms with Gasteiger partial charge in [-0.05, 0) is 30.0 Å². The number of hydrogen-bond acceptors (Lipinski definition) is 3. The van der Waals surface area contributed by atoms with Crippen LogP contribution < -0.4 is 10.5 Å². The van der Waals surface area contributed by atoms with Gasteiger partial charge >= 0.3 is 0 Å². The number of hydrogen-bond donors (Lipinski definition) is 1. The van der Waals surface area contributed by atoms with Gasteiger partial charge in [-0.1, -0.05) is 32.4 Å². The Hall–Kier alpha value is -1.06. The molecule has 2 N–H and O–H groups in total. The highest BCUT2D eigenvalue weighted by Crippen LogP contribution is 2.12. The molecule has 0 heterocycles. The molecule has 0 aliphatic carbocycles. The van der Waals surface area contributed by atoms with Crippen molar-refractivity contribution >= 4 is 0 Å². The summed E-state index contributed by atoms with van der Waals surface area (Å²) in [6.07, 6.45) is 3.40. The molecule has 0 saturated carbocycles. The molecule has 0 aliphatic rings. The lowest BCUT2D eigenvalue weighted by molar-refractivity contribution is 0.0910. The molecular weight excluding hydrogens is 238 g/mol. The third kappa shape index (κ3) is 7.19. The van der Waals surface area contributed by atoms with E-state index in [0.29, 0.717) is 19.1 Å². The second kappa shape index (κ2) is 9.82. The van der Waals surface area contributed by atoms with Gasteiger partial charge in [0.25, 0.3) is 0 Å². The number of rotatable bonds is 10. The molecule has 0 radical (unpaired) electrons. The Labute approximate surface area is 117 Å². The Balaban J connectivity index is 2.04. The molecular formula is C16H27NO2. The van der Waals surface area contributed by atoms with Crippen LogP contribution in [0.4, 0.5) is 0 Å². The largest absolute Gasteiger partial charge is 0.494 e. The van der Waals surface area contributed by atoms with E-state index in [4.69, 9.17) is 15.2 Å². The maximum atomic E-state index is 5.64. The summed E-state index contributed by atoms with van der Waals surface area (Å²) in [5.74, 6) is 1.56. The third-order valence-corrected chi connectivity index (χ3v) is 3.04. The molecule has 0 aromatic heterocycles. The molecule has 0 fully saturated rings. The van der Waals surface area contributed by atoms with E-state index in [0.717, 1.165) is 30.9 Å². The summed E-state index contributed by atoms with van der Waals surface area (Å²) in [5.41, 5.74) is 6.67. The summed E-state index contributed by atoms with van der Waals surface area (Å²) in [5, 5.41) is 0. The van der Waals surface area contributed by atoms with Gasteiger partial charge in [0.05, 0.1) is 6.61 Å². The molecule has 108 valence electrons. The molecule has 0 spiro atoms. The Morgan fingerprint density at radius 1 is 1.16 bits per heavy atom. The minimum absolute atomic E-state index is 0.573. The molecule has 3 heteroatoms. The molecule has 0 aliphatic heterocycles. The zero-order valence-electron chi connectivity index (χ0n) is 12.2. The van der Waals surface area contributed by atoms with Crippen LogP contribution in [0.5, 0.6) is 5.75 Å². The van der Waals surface area contributed by atoms with E-state index in [1.54, 1.807) is 0 Å². The van der Waals surface area contributed by atoms with Crippen molar-refractivity contribution < 1.29 is 9.47 Å². The average Bonchev–Trinajstić information content (AvgIpc) is 2.43. The maximum Gasteiger partial charge on any atom is 0.119 e. The van der Waals surface area contributed by atoms with Crippen molar-refractivity contribution in [3.8, 4) is 5.75 Å². The van der Waals surface area contributed by atoms with Crippen molar-refractivity contribution in [2.45, 2.75) is 39.7 Å². The van der Waals surface area contributed by atoms with Crippen molar-refractivity contribution in [3.05, 3.63) is 29.8 Å². The summed E-state index contributed by atoms with van der Waals surface area (Å²) < 4.78 is 11.3. The quantitative estimate of drug-likeness (QED) is 0.660. The first-order valence-electron chi connectivity index (χ1n) is 7.25. The van der Waals surface area contributed by atoms with E-state index in [2.05, 4.69) is 13.8 Å². The van der Waals surface area contributed by atoms with E-state index in [-0.39, 0.29) is 0 Å². The highest BCUT2D eigenvalue weighted by Gasteiger charge is 2.00. The Morgan fingerprint density at radius 3 is 2.53 bits per heavy atom. The first-order chi connectivity index (χ1) is 9.26. The molecule has 0 amide bonds.